The van der Waals surface area contributed by atoms with E-state index in [1.807, 2.05) is 18.2 Å². The molecule has 0 fully saturated rings. The van der Waals surface area contributed by atoms with E-state index in [4.69, 9.17) is 10.5 Å². The first kappa shape index (κ1) is 12.2. The highest BCUT2D eigenvalue weighted by Crippen LogP contribution is 2.30. The van der Waals surface area contributed by atoms with Gasteiger partial charge in [0.05, 0.1) is 12.0 Å². The molecular weight excluding hydrogens is 304 g/mol. The third-order valence-electron chi connectivity index (χ3n) is 2.13. The fourth-order valence-electron chi connectivity index (χ4n) is 1.33. The van der Waals surface area contributed by atoms with Crippen molar-refractivity contribution in [3.05, 3.63) is 33.1 Å². The molecule has 2 rings (SSSR count). The van der Waals surface area contributed by atoms with E-state index in [0.717, 1.165) is 15.8 Å². The fraction of sp³-hybridized carbons (Fsp3) is 0.0909. The molecule has 0 bridgehead atoms. The Morgan fingerprint density at radius 2 is 2.29 bits per heavy atom. The molecule has 2 N–H and O–H groups in total. The monoisotopic (exact) mass is 312 g/mol. The van der Waals surface area contributed by atoms with Crippen LogP contribution in [0.5, 0.6) is 5.75 Å². The number of aliphatic imine (C=N–C) groups is 1. The molecular formula is C11H9BrN2O2S. The van der Waals surface area contributed by atoms with Crippen molar-refractivity contribution >= 4 is 44.8 Å². The maximum absolute atomic E-state index is 11.5. The number of rotatable bonds is 2. The normalized spacial score (nSPS) is 17.4. The highest BCUT2D eigenvalue weighted by atomic mass is 79.9. The molecule has 0 atom stereocenters. The smallest absolute Gasteiger partial charge is 0.286 e. The Labute approximate surface area is 111 Å². The van der Waals surface area contributed by atoms with Crippen molar-refractivity contribution in [3.8, 4) is 5.75 Å². The molecule has 1 amide bonds. The van der Waals surface area contributed by atoms with Gasteiger partial charge in [-0.2, -0.15) is 4.99 Å². The summed E-state index contributed by atoms with van der Waals surface area (Å²) < 4.78 is 6.01. The number of carbonyl (C=O) groups excluding carboxylic acids is 1. The van der Waals surface area contributed by atoms with E-state index in [2.05, 4.69) is 20.9 Å². The third-order valence-corrected chi connectivity index (χ3v) is 3.66. The first-order valence-corrected chi connectivity index (χ1v) is 6.32. The number of methoxy groups -OCH3 is 1. The summed E-state index contributed by atoms with van der Waals surface area (Å²) in [5.74, 6) is 0.423. The number of carbonyl (C=O) groups is 1. The lowest BCUT2D eigenvalue weighted by molar-refractivity contribution is -0.113. The van der Waals surface area contributed by atoms with Gasteiger partial charge in [0.1, 0.15) is 5.75 Å². The van der Waals surface area contributed by atoms with Gasteiger partial charge in [0.25, 0.3) is 5.91 Å². The minimum Gasteiger partial charge on any atom is -0.497 e. The highest BCUT2D eigenvalue weighted by Gasteiger charge is 2.19. The second kappa shape index (κ2) is 4.93. The van der Waals surface area contributed by atoms with Crippen molar-refractivity contribution in [3.63, 3.8) is 0 Å². The molecule has 1 aliphatic heterocycles. The van der Waals surface area contributed by atoms with E-state index in [-0.39, 0.29) is 11.1 Å². The van der Waals surface area contributed by atoms with Crippen LogP contribution in [0.2, 0.25) is 0 Å². The zero-order chi connectivity index (χ0) is 12.4. The molecule has 0 aliphatic carbocycles. The van der Waals surface area contributed by atoms with Crippen molar-refractivity contribution in [2.45, 2.75) is 0 Å². The summed E-state index contributed by atoms with van der Waals surface area (Å²) in [5, 5.41) is 0.278. The van der Waals surface area contributed by atoms with Gasteiger partial charge in [-0.1, -0.05) is 15.9 Å². The van der Waals surface area contributed by atoms with Gasteiger partial charge in [-0.15, -0.1) is 0 Å². The minimum absolute atomic E-state index is 0.278. The van der Waals surface area contributed by atoms with E-state index in [9.17, 15) is 4.79 Å². The summed E-state index contributed by atoms with van der Waals surface area (Å²) in [6.07, 6.45) is 1.74. The molecule has 4 nitrogen and oxygen atoms in total. The molecule has 17 heavy (non-hydrogen) atoms. The predicted molar refractivity (Wildman–Crippen MR) is 72.9 cm³/mol. The van der Waals surface area contributed by atoms with Crippen molar-refractivity contribution in [1.82, 2.24) is 0 Å². The largest absolute Gasteiger partial charge is 0.497 e. The Morgan fingerprint density at radius 1 is 1.53 bits per heavy atom. The predicted octanol–water partition coefficient (Wildman–Crippen LogP) is 2.39. The molecule has 1 heterocycles. The van der Waals surface area contributed by atoms with Gasteiger partial charge in [0.2, 0.25) is 0 Å². The van der Waals surface area contributed by atoms with Crippen LogP contribution >= 0.6 is 27.7 Å². The first-order chi connectivity index (χ1) is 8.10. The Hall–Kier alpha value is -1.27. The number of amides is 1. The number of halogens is 1. The van der Waals surface area contributed by atoms with Crippen LogP contribution in [0.25, 0.3) is 6.08 Å². The number of benzene rings is 1. The Balaban J connectivity index is 2.36. The van der Waals surface area contributed by atoms with Gasteiger partial charge in [0, 0.05) is 4.47 Å². The van der Waals surface area contributed by atoms with Crippen molar-refractivity contribution in [2.75, 3.05) is 7.11 Å². The Bertz CT molecular complexity index is 540. The van der Waals surface area contributed by atoms with Crippen LogP contribution in [0.1, 0.15) is 5.56 Å². The lowest BCUT2D eigenvalue weighted by Gasteiger charge is -2.03. The Kier molecular flexibility index (Phi) is 3.54. The number of nitrogens with two attached hydrogens (primary N) is 1. The topological polar surface area (TPSA) is 64.7 Å². The van der Waals surface area contributed by atoms with Crippen LogP contribution in [0.3, 0.4) is 0 Å². The zero-order valence-electron chi connectivity index (χ0n) is 8.94. The SMILES string of the molecule is COc1ccc(Br)c(/C=C2\SC(N)=NC2=O)c1. The lowest BCUT2D eigenvalue weighted by atomic mass is 10.2. The van der Waals surface area contributed by atoms with E-state index in [0.29, 0.717) is 4.91 Å². The molecule has 6 heteroatoms. The Morgan fingerprint density at radius 3 is 2.88 bits per heavy atom. The molecule has 0 unspecified atom stereocenters. The maximum Gasteiger partial charge on any atom is 0.286 e. The summed E-state index contributed by atoms with van der Waals surface area (Å²) in [7, 11) is 1.59. The molecule has 0 aromatic heterocycles. The van der Waals surface area contributed by atoms with Crippen LogP contribution in [0.15, 0.2) is 32.6 Å². The summed E-state index contributed by atoms with van der Waals surface area (Å²) in [4.78, 5) is 15.6. The number of amidine groups is 1. The zero-order valence-corrected chi connectivity index (χ0v) is 11.3. The van der Waals surface area contributed by atoms with Gasteiger partial charge >= 0.3 is 0 Å². The van der Waals surface area contributed by atoms with Gasteiger partial charge in [-0.3, -0.25) is 4.79 Å². The highest BCUT2D eigenvalue weighted by molar-refractivity contribution is 9.10. The summed E-state index contributed by atoms with van der Waals surface area (Å²) in [6.45, 7) is 0. The van der Waals surface area contributed by atoms with Gasteiger partial charge in [-0.05, 0) is 41.6 Å². The quantitative estimate of drug-likeness (QED) is 0.852. The first-order valence-electron chi connectivity index (χ1n) is 4.71. The second-order valence-corrected chi connectivity index (χ2v) is 5.17. The van der Waals surface area contributed by atoms with Gasteiger partial charge in [-0.25, -0.2) is 0 Å². The number of thioether (sulfide) groups is 1. The molecule has 0 saturated heterocycles. The standard InChI is InChI=1S/C11H9BrN2O2S/c1-16-7-2-3-8(12)6(4-7)5-9-10(15)14-11(13)17-9/h2-5H,1H3,(H2,13,14,15)/b9-5-. The third kappa shape index (κ3) is 2.70. The van der Waals surface area contributed by atoms with Gasteiger partial charge in [0.15, 0.2) is 5.17 Å². The molecule has 1 aromatic carbocycles. The van der Waals surface area contributed by atoms with Crippen LogP contribution < -0.4 is 10.5 Å². The number of hydrogen-bond acceptors (Lipinski definition) is 4. The lowest BCUT2D eigenvalue weighted by Crippen LogP contribution is -2.01. The van der Waals surface area contributed by atoms with Crippen molar-refractivity contribution in [1.29, 1.82) is 0 Å². The summed E-state index contributed by atoms with van der Waals surface area (Å²) in [6, 6.07) is 5.53. The van der Waals surface area contributed by atoms with Crippen LogP contribution in [-0.2, 0) is 4.79 Å². The van der Waals surface area contributed by atoms with Crippen LogP contribution in [0.4, 0.5) is 0 Å². The summed E-state index contributed by atoms with van der Waals surface area (Å²) >= 11 is 4.58. The molecule has 88 valence electrons. The molecule has 0 saturated carbocycles. The molecule has 1 aliphatic rings. The van der Waals surface area contributed by atoms with Crippen molar-refractivity contribution in [2.24, 2.45) is 10.7 Å². The van der Waals surface area contributed by atoms with E-state index >= 15 is 0 Å². The molecule has 0 radical (unpaired) electrons. The fourth-order valence-corrected chi connectivity index (χ4v) is 2.36. The minimum atomic E-state index is -0.304. The molecule has 1 aromatic rings. The van der Waals surface area contributed by atoms with Gasteiger partial charge < -0.3 is 10.5 Å². The average molecular weight is 313 g/mol. The second-order valence-electron chi connectivity index (χ2n) is 3.25. The maximum atomic E-state index is 11.5. The number of nitrogens with zero attached hydrogens (tertiary/aromatic N) is 1. The average Bonchev–Trinajstić information content (AvgIpc) is 2.60. The van der Waals surface area contributed by atoms with Crippen LogP contribution in [0, 0.1) is 0 Å². The van der Waals surface area contributed by atoms with E-state index in [1.165, 1.54) is 11.8 Å². The van der Waals surface area contributed by atoms with Crippen LogP contribution in [-0.4, -0.2) is 18.2 Å². The number of ether oxygens (including phenoxy) is 1. The number of hydrogen-bond donors (Lipinski definition) is 1. The van der Waals surface area contributed by atoms with Crippen molar-refractivity contribution < 1.29 is 9.53 Å². The molecule has 0 spiro atoms. The van der Waals surface area contributed by atoms with E-state index in [1.54, 1.807) is 13.2 Å². The summed E-state index contributed by atoms with van der Waals surface area (Å²) in [5.41, 5.74) is 6.33. The van der Waals surface area contributed by atoms with E-state index < -0.39 is 0 Å².